The van der Waals surface area contributed by atoms with Crippen LogP contribution in [0.2, 0.25) is 0 Å². The van der Waals surface area contributed by atoms with Gasteiger partial charge in [-0.2, -0.15) is 0 Å². The van der Waals surface area contributed by atoms with Gasteiger partial charge in [0.25, 0.3) is 10.0 Å². The standard InChI is InChI=1S/C21H27N5O4S2/c1-23-31(27,28)14-15-7-9-16(10-8-15)25-20-18-11-12-26(21(18)24-13-19(20)22)32(29,30)17-5-3-2-4-6-17/h2-6,11-13,15-16,23H,7-10,14,22H2,1H3,(H,24,25)/t15-,16-. The fourth-order valence-electron chi connectivity index (χ4n) is 4.21. The van der Waals surface area contributed by atoms with Gasteiger partial charge in [0.15, 0.2) is 5.65 Å². The van der Waals surface area contributed by atoms with Gasteiger partial charge in [-0.25, -0.2) is 30.5 Å². The lowest BCUT2D eigenvalue weighted by molar-refractivity contribution is 0.361. The van der Waals surface area contributed by atoms with Crippen LogP contribution >= 0.6 is 0 Å². The highest BCUT2D eigenvalue weighted by Gasteiger charge is 2.27. The highest BCUT2D eigenvalue weighted by molar-refractivity contribution is 7.90. The van der Waals surface area contributed by atoms with Crippen molar-refractivity contribution in [3.63, 3.8) is 0 Å². The summed E-state index contributed by atoms with van der Waals surface area (Å²) in [6, 6.07) is 10.0. The number of hydrogen-bond donors (Lipinski definition) is 3. The van der Waals surface area contributed by atoms with Crippen LogP contribution in [0.25, 0.3) is 11.0 Å². The van der Waals surface area contributed by atoms with Gasteiger partial charge < -0.3 is 11.1 Å². The lowest BCUT2D eigenvalue weighted by atomic mass is 9.87. The minimum absolute atomic E-state index is 0.116. The van der Waals surface area contributed by atoms with E-state index in [2.05, 4.69) is 15.0 Å². The summed E-state index contributed by atoms with van der Waals surface area (Å²) in [6.07, 6.45) is 6.13. The molecular formula is C21H27N5O4S2. The van der Waals surface area contributed by atoms with Crippen LogP contribution in [0.15, 0.2) is 53.7 Å². The quantitative estimate of drug-likeness (QED) is 0.475. The van der Waals surface area contributed by atoms with Crippen LogP contribution in [0.3, 0.4) is 0 Å². The molecule has 172 valence electrons. The molecule has 2 aromatic heterocycles. The van der Waals surface area contributed by atoms with Crippen LogP contribution in [-0.4, -0.2) is 44.6 Å². The van der Waals surface area contributed by atoms with Crippen LogP contribution in [0.1, 0.15) is 25.7 Å². The summed E-state index contributed by atoms with van der Waals surface area (Å²) in [4.78, 5) is 4.47. The first kappa shape index (κ1) is 22.6. The van der Waals surface area contributed by atoms with Crippen molar-refractivity contribution >= 4 is 42.5 Å². The van der Waals surface area contributed by atoms with Gasteiger partial charge >= 0.3 is 0 Å². The van der Waals surface area contributed by atoms with Crippen LogP contribution in [0, 0.1) is 5.92 Å². The van der Waals surface area contributed by atoms with E-state index in [0.717, 1.165) is 25.7 Å². The first-order valence-electron chi connectivity index (χ1n) is 10.4. The second-order valence-electron chi connectivity index (χ2n) is 8.10. The van der Waals surface area contributed by atoms with E-state index in [9.17, 15) is 16.8 Å². The van der Waals surface area contributed by atoms with E-state index in [4.69, 9.17) is 5.73 Å². The van der Waals surface area contributed by atoms with E-state index in [1.165, 1.54) is 23.4 Å². The Labute approximate surface area is 188 Å². The van der Waals surface area contributed by atoms with Crippen LogP contribution in [0.4, 0.5) is 11.4 Å². The zero-order chi connectivity index (χ0) is 22.9. The predicted molar refractivity (Wildman–Crippen MR) is 125 cm³/mol. The molecule has 4 rings (SSSR count). The number of hydrogen-bond acceptors (Lipinski definition) is 7. The molecule has 1 aromatic carbocycles. The first-order chi connectivity index (χ1) is 15.2. The maximum Gasteiger partial charge on any atom is 0.269 e. The predicted octanol–water partition coefficient (Wildman–Crippen LogP) is 2.38. The summed E-state index contributed by atoms with van der Waals surface area (Å²) in [6.45, 7) is 0. The molecule has 0 saturated heterocycles. The van der Waals surface area contributed by atoms with Crippen molar-refractivity contribution in [3.8, 4) is 0 Å². The normalized spacial score (nSPS) is 19.8. The number of nitrogen functional groups attached to an aromatic ring is 1. The molecule has 11 heteroatoms. The summed E-state index contributed by atoms with van der Waals surface area (Å²) in [5.41, 5.74) is 7.59. The van der Waals surface area contributed by atoms with Gasteiger partial charge in [0, 0.05) is 17.6 Å². The maximum atomic E-state index is 13.1. The third-order valence-corrected chi connectivity index (χ3v) is 9.18. The minimum atomic E-state index is -3.79. The number of fused-ring (bicyclic) bond motifs is 1. The number of pyridine rings is 1. The number of benzene rings is 1. The molecule has 0 radical (unpaired) electrons. The van der Waals surface area contributed by atoms with Gasteiger partial charge in [-0.15, -0.1) is 0 Å². The second kappa shape index (κ2) is 8.72. The number of rotatable bonds is 7. The summed E-state index contributed by atoms with van der Waals surface area (Å²) >= 11 is 0. The summed E-state index contributed by atoms with van der Waals surface area (Å²) in [5.74, 6) is 0.260. The molecule has 32 heavy (non-hydrogen) atoms. The molecule has 1 aliphatic carbocycles. The third-order valence-electron chi connectivity index (χ3n) is 5.97. The van der Waals surface area contributed by atoms with Gasteiger partial charge in [0.1, 0.15) is 0 Å². The molecule has 1 aliphatic rings. The molecule has 0 unspecified atom stereocenters. The average molecular weight is 478 g/mol. The van der Waals surface area contributed by atoms with Crippen molar-refractivity contribution in [2.45, 2.75) is 36.6 Å². The largest absolute Gasteiger partial charge is 0.396 e. The van der Waals surface area contributed by atoms with Crippen molar-refractivity contribution in [1.29, 1.82) is 0 Å². The third kappa shape index (κ3) is 4.45. The lowest BCUT2D eigenvalue weighted by Gasteiger charge is -2.30. The van der Waals surface area contributed by atoms with E-state index >= 15 is 0 Å². The topological polar surface area (TPSA) is 136 Å². The van der Waals surface area contributed by atoms with E-state index in [0.29, 0.717) is 22.4 Å². The zero-order valence-corrected chi connectivity index (χ0v) is 19.4. The highest BCUT2D eigenvalue weighted by Crippen LogP contribution is 2.34. The molecule has 9 nitrogen and oxygen atoms in total. The zero-order valence-electron chi connectivity index (χ0n) is 17.7. The molecule has 0 atom stereocenters. The number of sulfonamides is 1. The number of nitrogens with two attached hydrogens (primary N) is 1. The number of anilines is 2. The summed E-state index contributed by atoms with van der Waals surface area (Å²) < 4.78 is 53.3. The highest BCUT2D eigenvalue weighted by atomic mass is 32.2. The minimum Gasteiger partial charge on any atom is -0.396 e. The van der Waals surface area contributed by atoms with Crippen molar-refractivity contribution < 1.29 is 16.8 Å². The van der Waals surface area contributed by atoms with Crippen LogP contribution in [0.5, 0.6) is 0 Å². The van der Waals surface area contributed by atoms with Gasteiger partial charge in [-0.3, -0.25) is 0 Å². The molecule has 0 bridgehead atoms. The molecule has 3 aromatic rings. The van der Waals surface area contributed by atoms with E-state index in [-0.39, 0.29) is 22.6 Å². The monoisotopic (exact) mass is 477 g/mol. The van der Waals surface area contributed by atoms with Crippen molar-refractivity contribution in [3.05, 3.63) is 48.8 Å². The average Bonchev–Trinajstić information content (AvgIpc) is 3.22. The second-order valence-corrected chi connectivity index (χ2v) is 11.9. The van der Waals surface area contributed by atoms with E-state index < -0.39 is 20.0 Å². The fourth-order valence-corrected chi connectivity index (χ4v) is 6.65. The van der Waals surface area contributed by atoms with Crippen LogP contribution in [-0.2, 0) is 20.0 Å². The molecule has 0 aliphatic heterocycles. The van der Waals surface area contributed by atoms with Crippen LogP contribution < -0.4 is 15.8 Å². The Morgan fingerprint density at radius 3 is 2.41 bits per heavy atom. The molecule has 1 fully saturated rings. The summed E-state index contributed by atoms with van der Waals surface area (Å²) in [5, 5.41) is 4.08. The molecule has 4 N–H and O–H groups in total. The van der Waals surface area contributed by atoms with E-state index in [1.807, 2.05) is 0 Å². The number of aromatic nitrogens is 2. The molecule has 2 heterocycles. The van der Waals surface area contributed by atoms with Crippen molar-refractivity contribution in [1.82, 2.24) is 13.7 Å². The Morgan fingerprint density at radius 1 is 1.06 bits per heavy atom. The fraction of sp³-hybridized carbons (Fsp3) is 0.381. The Morgan fingerprint density at radius 2 is 1.75 bits per heavy atom. The maximum absolute atomic E-state index is 13.1. The van der Waals surface area contributed by atoms with Crippen molar-refractivity contribution in [2.24, 2.45) is 5.92 Å². The van der Waals surface area contributed by atoms with E-state index in [1.54, 1.807) is 36.4 Å². The Bertz CT molecular complexity index is 1310. The van der Waals surface area contributed by atoms with Gasteiger partial charge in [0.2, 0.25) is 10.0 Å². The molecular weight excluding hydrogens is 450 g/mol. The van der Waals surface area contributed by atoms with Gasteiger partial charge in [-0.1, -0.05) is 18.2 Å². The number of nitrogens with zero attached hydrogens (tertiary/aromatic N) is 2. The van der Waals surface area contributed by atoms with Crippen molar-refractivity contribution in [2.75, 3.05) is 23.9 Å². The molecule has 0 spiro atoms. The Kier molecular flexibility index (Phi) is 6.15. The summed E-state index contributed by atoms with van der Waals surface area (Å²) in [7, 11) is -5.58. The Balaban J connectivity index is 1.57. The van der Waals surface area contributed by atoms with Gasteiger partial charge in [0.05, 0.1) is 28.2 Å². The molecule has 1 saturated carbocycles. The lowest BCUT2D eigenvalue weighted by Crippen LogP contribution is -2.32. The molecule has 0 amide bonds. The first-order valence-corrected chi connectivity index (χ1v) is 13.5. The van der Waals surface area contributed by atoms with Gasteiger partial charge in [-0.05, 0) is 56.8 Å². The smallest absolute Gasteiger partial charge is 0.269 e. The SMILES string of the molecule is CNS(=O)(=O)C[C@H]1CC[C@H](Nc2c(N)cnc3c2ccn3S(=O)(=O)c2ccccc2)CC1. The number of nitrogens with one attached hydrogen (secondary N) is 2. The Hall–Kier alpha value is -2.63.